The molecule has 0 aliphatic carbocycles. The van der Waals surface area contributed by atoms with Gasteiger partial charge < -0.3 is 14.4 Å². The van der Waals surface area contributed by atoms with Crippen molar-refractivity contribution in [2.45, 2.75) is 63.8 Å². The van der Waals surface area contributed by atoms with Crippen LogP contribution in [0.4, 0.5) is 0 Å². The minimum atomic E-state index is 0.129. The molecule has 0 atom stereocenters. The molecular weight excluding hydrogens is 398 g/mol. The van der Waals surface area contributed by atoms with Crippen LogP contribution in [-0.4, -0.2) is 55.2 Å². The van der Waals surface area contributed by atoms with E-state index in [9.17, 15) is 9.59 Å². The van der Waals surface area contributed by atoms with E-state index in [1.54, 1.807) is 0 Å². The molecule has 0 radical (unpaired) electrons. The van der Waals surface area contributed by atoms with Gasteiger partial charge in [-0.15, -0.1) is 10.2 Å². The van der Waals surface area contributed by atoms with Gasteiger partial charge >= 0.3 is 0 Å². The fraction of sp³-hybridized carbons (Fsp3) is 0.545. The van der Waals surface area contributed by atoms with Gasteiger partial charge in [-0.1, -0.05) is 42.4 Å². The van der Waals surface area contributed by atoms with Gasteiger partial charge in [0.05, 0.1) is 12.3 Å². The van der Waals surface area contributed by atoms with Gasteiger partial charge in [-0.05, 0) is 37.3 Å². The minimum Gasteiger partial charge on any atom is -0.337 e. The Morgan fingerprint density at radius 1 is 1.07 bits per heavy atom. The molecular formula is C22H29N5O2S. The van der Waals surface area contributed by atoms with Gasteiger partial charge in [0.1, 0.15) is 0 Å². The average Bonchev–Trinajstić information content (AvgIpc) is 3.05. The summed E-state index contributed by atoms with van der Waals surface area (Å²) in [5.41, 5.74) is 2.58. The lowest BCUT2D eigenvalue weighted by molar-refractivity contribution is -0.131. The van der Waals surface area contributed by atoms with E-state index >= 15 is 0 Å². The zero-order valence-corrected chi connectivity index (χ0v) is 18.4. The Morgan fingerprint density at radius 2 is 1.90 bits per heavy atom. The number of amides is 2. The van der Waals surface area contributed by atoms with E-state index in [1.165, 1.54) is 22.9 Å². The summed E-state index contributed by atoms with van der Waals surface area (Å²) < 4.78 is 2.03. The third-order valence-corrected chi connectivity index (χ3v) is 6.87. The summed E-state index contributed by atoms with van der Waals surface area (Å²) >= 11 is 1.44. The van der Waals surface area contributed by atoms with Crippen LogP contribution in [0.25, 0.3) is 0 Å². The quantitative estimate of drug-likeness (QED) is 0.663. The van der Waals surface area contributed by atoms with Gasteiger partial charge in [0, 0.05) is 32.6 Å². The van der Waals surface area contributed by atoms with Gasteiger partial charge in [0.15, 0.2) is 11.0 Å². The summed E-state index contributed by atoms with van der Waals surface area (Å²) in [5.74, 6) is 1.48. The highest BCUT2D eigenvalue weighted by Gasteiger charge is 2.23. The molecule has 30 heavy (non-hydrogen) atoms. The van der Waals surface area contributed by atoms with E-state index < -0.39 is 0 Å². The standard InChI is InChI=1S/C22H29N5O2S/c1-2-27-19(15-25-12-7-3-4-10-20(25)28)23-24-22(27)30-16-21(29)26-13-11-17-8-5-6-9-18(17)14-26/h5-6,8-9H,2-4,7,10-16H2,1H3. The van der Waals surface area contributed by atoms with Crippen molar-refractivity contribution in [2.75, 3.05) is 18.8 Å². The van der Waals surface area contributed by atoms with Crippen LogP contribution in [0.1, 0.15) is 49.6 Å². The van der Waals surface area contributed by atoms with Gasteiger partial charge in [-0.25, -0.2) is 0 Å². The first-order valence-corrected chi connectivity index (χ1v) is 11.8. The number of hydrogen-bond donors (Lipinski definition) is 0. The minimum absolute atomic E-state index is 0.129. The number of carbonyl (C=O) groups excluding carboxylic acids is 2. The van der Waals surface area contributed by atoms with Gasteiger partial charge in [-0.2, -0.15) is 0 Å². The second-order valence-corrected chi connectivity index (χ2v) is 8.83. The number of likely N-dealkylation sites (tertiary alicyclic amines) is 1. The zero-order chi connectivity index (χ0) is 20.9. The molecule has 4 rings (SSSR count). The predicted octanol–water partition coefficient (Wildman–Crippen LogP) is 2.88. The lowest BCUT2D eigenvalue weighted by Gasteiger charge is -2.28. The molecule has 1 fully saturated rings. The molecule has 8 heteroatoms. The van der Waals surface area contributed by atoms with Crippen molar-refractivity contribution in [3.8, 4) is 0 Å². The number of fused-ring (bicyclic) bond motifs is 1. The van der Waals surface area contributed by atoms with E-state index in [0.29, 0.717) is 25.3 Å². The van der Waals surface area contributed by atoms with E-state index in [4.69, 9.17) is 0 Å². The zero-order valence-electron chi connectivity index (χ0n) is 17.5. The van der Waals surface area contributed by atoms with Gasteiger partial charge in [0.2, 0.25) is 11.8 Å². The molecule has 0 unspecified atom stereocenters. The maximum atomic E-state index is 12.8. The molecule has 1 saturated heterocycles. The first-order chi connectivity index (χ1) is 14.7. The van der Waals surface area contributed by atoms with Crippen LogP contribution in [0, 0.1) is 0 Å². The number of thioether (sulfide) groups is 1. The lowest BCUT2D eigenvalue weighted by atomic mass is 10.00. The maximum Gasteiger partial charge on any atom is 0.233 e. The average molecular weight is 428 g/mol. The highest BCUT2D eigenvalue weighted by Crippen LogP contribution is 2.23. The molecule has 0 saturated carbocycles. The van der Waals surface area contributed by atoms with Crippen molar-refractivity contribution in [3.63, 3.8) is 0 Å². The molecule has 2 amide bonds. The molecule has 3 heterocycles. The Morgan fingerprint density at radius 3 is 2.73 bits per heavy atom. The first-order valence-electron chi connectivity index (χ1n) is 10.8. The van der Waals surface area contributed by atoms with Crippen molar-refractivity contribution in [1.29, 1.82) is 0 Å². The van der Waals surface area contributed by atoms with Crippen molar-refractivity contribution < 1.29 is 9.59 Å². The molecule has 2 aliphatic heterocycles. The van der Waals surface area contributed by atoms with Crippen LogP contribution in [0.15, 0.2) is 29.4 Å². The number of aromatic nitrogens is 3. The molecule has 0 N–H and O–H groups in total. The Labute approximate surface area is 181 Å². The van der Waals surface area contributed by atoms with E-state index in [1.807, 2.05) is 27.4 Å². The monoisotopic (exact) mass is 427 g/mol. The summed E-state index contributed by atoms with van der Waals surface area (Å²) in [6.45, 7) is 5.49. The normalized spacial score (nSPS) is 17.0. The van der Waals surface area contributed by atoms with Crippen LogP contribution in [-0.2, 0) is 35.6 Å². The van der Waals surface area contributed by atoms with Crippen LogP contribution < -0.4 is 0 Å². The van der Waals surface area contributed by atoms with Crippen molar-refractivity contribution in [1.82, 2.24) is 24.6 Å². The summed E-state index contributed by atoms with van der Waals surface area (Å²) in [4.78, 5) is 28.9. The van der Waals surface area contributed by atoms with Crippen molar-refractivity contribution in [2.24, 2.45) is 0 Å². The third-order valence-electron chi connectivity index (χ3n) is 5.92. The highest BCUT2D eigenvalue weighted by atomic mass is 32.2. The molecule has 160 valence electrons. The molecule has 2 aliphatic rings. The summed E-state index contributed by atoms with van der Waals surface area (Å²) in [6, 6.07) is 8.33. The highest BCUT2D eigenvalue weighted by molar-refractivity contribution is 7.99. The SMILES string of the molecule is CCn1c(CN2CCCCCC2=O)nnc1SCC(=O)N1CCc2ccccc2C1. The fourth-order valence-corrected chi connectivity index (χ4v) is 5.09. The first kappa shape index (κ1) is 20.9. The Balaban J connectivity index is 1.37. The number of rotatable bonds is 6. The van der Waals surface area contributed by atoms with Crippen LogP contribution in [0.5, 0.6) is 0 Å². The fourth-order valence-electron chi connectivity index (χ4n) is 4.16. The van der Waals surface area contributed by atoms with Gasteiger partial charge in [0.25, 0.3) is 0 Å². The number of benzene rings is 1. The summed E-state index contributed by atoms with van der Waals surface area (Å²) in [6.07, 6.45) is 4.65. The maximum absolute atomic E-state index is 12.8. The number of hydrogen-bond acceptors (Lipinski definition) is 5. The van der Waals surface area contributed by atoms with Crippen LogP contribution >= 0.6 is 11.8 Å². The molecule has 1 aromatic carbocycles. The Kier molecular flexibility index (Phi) is 6.72. The third kappa shape index (κ3) is 4.69. The second kappa shape index (κ2) is 9.64. The largest absolute Gasteiger partial charge is 0.337 e. The molecule has 0 spiro atoms. The van der Waals surface area contributed by atoms with E-state index in [0.717, 1.165) is 56.3 Å². The summed E-state index contributed by atoms with van der Waals surface area (Å²) in [7, 11) is 0. The molecule has 7 nitrogen and oxygen atoms in total. The van der Waals surface area contributed by atoms with E-state index in [2.05, 4.69) is 28.4 Å². The van der Waals surface area contributed by atoms with Crippen molar-refractivity contribution >= 4 is 23.6 Å². The summed E-state index contributed by atoms with van der Waals surface area (Å²) in [5, 5.41) is 9.41. The van der Waals surface area contributed by atoms with Crippen LogP contribution in [0.2, 0.25) is 0 Å². The van der Waals surface area contributed by atoms with E-state index in [-0.39, 0.29) is 11.8 Å². The number of nitrogens with zero attached hydrogens (tertiary/aromatic N) is 5. The molecule has 0 bridgehead atoms. The molecule has 1 aromatic heterocycles. The van der Waals surface area contributed by atoms with Crippen molar-refractivity contribution in [3.05, 3.63) is 41.2 Å². The number of carbonyl (C=O) groups is 2. The predicted molar refractivity (Wildman–Crippen MR) is 116 cm³/mol. The Hall–Kier alpha value is -2.35. The smallest absolute Gasteiger partial charge is 0.233 e. The van der Waals surface area contributed by atoms with Crippen LogP contribution in [0.3, 0.4) is 0 Å². The second-order valence-electron chi connectivity index (χ2n) is 7.89. The lowest BCUT2D eigenvalue weighted by Crippen LogP contribution is -2.37. The molecule has 2 aromatic rings. The topological polar surface area (TPSA) is 71.3 Å². The van der Waals surface area contributed by atoms with Gasteiger partial charge in [-0.3, -0.25) is 9.59 Å². The Bertz CT molecular complexity index is 913.